The molecule has 0 heterocycles. The third-order valence-electron chi connectivity index (χ3n) is 5.02. The number of nitrogens with zero attached hydrogens (tertiary/aromatic N) is 2. The summed E-state index contributed by atoms with van der Waals surface area (Å²) < 4.78 is 27.9. The van der Waals surface area contributed by atoms with Gasteiger partial charge in [0.2, 0.25) is 5.91 Å². The molecule has 0 fully saturated rings. The van der Waals surface area contributed by atoms with E-state index >= 15 is 0 Å². The minimum absolute atomic E-state index is 0.0597. The predicted octanol–water partition coefficient (Wildman–Crippen LogP) is 4.35. The minimum atomic E-state index is -4.05. The largest absolute Gasteiger partial charge is 0.324 e. The Balaban J connectivity index is 1.96. The fourth-order valence-electron chi connectivity index (χ4n) is 3.06. The normalized spacial score (nSPS) is 11.1. The zero-order valence-electron chi connectivity index (χ0n) is 17.9. The van der Waals surface area contributed by atoms with Crippen molar-refractivity contribution >= 4 is 33.0 Å². The Morgan fingerprint density at radius 3 is 2.28 bits per heavy atom. The van der Waals surface area contributed by atoms with Gasteiger partial charge in [-0.05, 0) is 62.2 Å². The topological polar surface area (TPSA) is 110 Å². The second-order valence-electron chi connectivity index (χ2n) is 7.45. The van der Waals surface area contributed by atoms with Crippen LogP contribution >= 0.6 is 0 Å². The van der Waals surface area contributed by atoms with Gasteiger partial charge in [-0.25, -0.2) is 8.42 Å². The van der Waals surface area contributed by atoms with E-state index in [2.05, 4.69) is 5.32 Å². The first-order valence-electron chi connectivity index (χ1n) is 9.79. The van der Waals surface area contributed by atoms with Crippen LogP contribution in [0.25, 0.3) is 0 Å². The SMILES string of the molecule is Cc1ccc(S(=O)(=O)N(CC(=O)Nc2cccc([N+](=O)[O-])c2)c2ccc(C)c(C)c2)cc1. The molecular formula is C23H23N3O5S. The highest BCUT2D eigenvalue weighted by Gasteiger charge is 2.27. The van der Waals surface area contributed by atoms with E-state index in [9.17, 15) is 23.3 Å². The van der Waals surface area contributed by atoms with E-state index in [0.717, 1.165) is 21.0 Å². The molecule has 0 radical (unpaired) electrons. The van der Waals surface area contributed by atoms with Crippen molar-refractivity contribution in [3.8, 4) is 0 Å². The van der Waals surface area contributed by atoms with Crippen LogP contribution in [-0.4, -0.2) is 25.8 Å². The predicted molar refractivity (Wildman–Crippen MR) is 123 cm³/mol. The highest BCUT2D eigenvalue weighted by molar-refractivity contribution is 7.92. The molecule has 1 N–H and O–H groups in total. The number of non-ortho nitro benzene ring substituents is 1. The van der Waals surface area contributed by atoms with Gasteiger partial charge in [0.05, 0.1) is 15.5 Å². The number of nitrogens with one attached hydrogen (secondary N) is 1. The zero-order chi connectivity index (χ0) is 23.5. The van der Waals surface area contributed by atoms with Crippen molar-refractivity contribution in [2.45, 2.75) is 25.7 Å². The first-order chi connectivity index (χ1) is 15.1. The first-order valence-corrected chi connectivity index (χ1v) is 11.2. The summed E-state index contributed by atoms with van der Waals surface area (Å²) in [7, 11) is -4.05. The molecule has 0 aliphatic heterocycles. The van der Waals surface area contributed by atoms with Crippen molar-refractivity contribution in [1.82, 2.24) is 0 Å². The summed E-state index contributed by atoms with van der Waals surface area (Å²) in [5.41, 5.74) is 3.15. The Morgan fingerprint density at radius 1 is 0.969 bits per heavy atom. The molecule has 3 rings (SSSR count). The minimum Gasteiger partial charge on any atom is -0.324 e. The fraction of sp³-hybridized carbons (Fsp3) is 0.174. The van der Waals surface area contributed by atoms with Crippen LogP contribution in [0.1, 0.15) is 16.7 Å². The van der Waals surface area contributed by atoms with E-state index < -0.39 is 27.4 Å². The number of nitro groups is 1. The molecule has 166 valence electrons. The van der Waals surface area contributed by atoms with Crippen LogP contribution in [0, 0.1) is 30.9 Å². The molecule has 0 unspecified atom stereocenters. The summed E-state index contributed by atoms with van der Waals surface area (Å²) >= 11 is 0. The first kappa shape index (κ1) is 23.0. The summed E-state index contributed by atoms with van der Waals surface area (Å²) in [6.45, 7) is 5.12. The van der Waals surface area contributed by atoms with Gasteiger partial charge in [0.25, 0.3) is 15.7 Å². The molecule has 9 heteroatoms. The van der Waals surface area contributed by atoms with E-state index in [1.165, 1.54) is 36.4 Å². The molecule has 32 heavy (non-hydrogen) atoms. The van der Waals surface area contributed by atoms with Crippen molar-refractivity contribution in [2.24, 2.45) is 0 Å². The lowest BCUT2D eigenvalue weighted by Gasteiger charge is -2.25. The number of anilines is 2. The van der Waals surface area contributed by atoms with Gasteiger partial charge in [-0.1, -0.05) is 29.8 Å². The summed E-state index contributed by atoms with van der Waals surface area (Å²) in [6, 6.07) is 17.0. The monoisotopic (exact) mass is 453 g/mol. The molecular weight excluding hydrogens is 430 g/mol. The van der Waals surface area contributed by atoms with Crippen LogP contribution in [0.3, 0.4) is 0 Å². The average Bonchev–Trinajstić information content (AvgIpc) is 2.74. The Labute approximate surface area is 186 Å². The Bertz CT molecular complexity index is 1270. The smallest absolute Gasteiger partial charge is 0.271 e. The number of aryl methyl sites for hydroxylation is 3. The van der Waals surface area contributed by atoms with Gasteiger partial charge in [0.15, 0.2) is 0 Å². The molecule has 0 atom stereocenters. The van der Waals surface area contributed by atoms with Crippen molar-refractivity contribution < 1.29 is 18.1 Å². The van der Waals surface area contributed by atoms with E-state index in [1.54, 1.807) is 30.3 Å². The zero-order valence-corrected chi connectivity index (χ0v) is 18.7. The summed E-state index contributed by atoms with van der Waals surface area (Å²) in [6.07, 6.45) is 0. The number of carbonyl (C=O) groups excluding carboxylic acids is 1. The van der Waals surface area contributed by atoms with Crippen molar-refractivity contribution in [3.63, 3.8) is 0 Å². The maximum Gasteiger partial charge on any atom is 0.271 e. The van der Waals surface area contributed by atoms with Gasteiger partial charge >= 0.3 is 0 Å². The van der Waals surface area contributed by atoms with Crippen LogP contribution < -0.4 is 9.62 Å². The number of amides is 1. The quantitative estimate of drug-likeness (QED) is 0.422. The highest BCUT2D eigenvalue weighted by Crippen LogP contribution is 2.26. The van der Waals surface area contributed by atoms with Gasteiger partial charge in [-0.15, -0.1) is 0 Å². The molecule has 8 nitrogen and oxygen atoms in total. The number of hydrogen-bond donors (Lipinski definition) is 1. The summed E-state index contributed by atoms with van der Waals surface area (Å²) in [4.78, 5) is 23.2. The summed E-state index contributed by atoms with van der Waals surface area (Å²) in [5, 5.41) is 13.5. The third kappa shape index (κ3) is 5.12. The average molecular weight is 454 g/mol. The van der Waals surface area contributed by atoms with E-state index in [1.807, 2.05) is 20.8 Å². The van der Waals surface area contributed by atoms with Crippen molar-refractivity contribution in [1.29, 1.82) is 0 Å². The van der Waals surface area contributed by atoms with Crippen LogP contribution in [0.2, 0.25) is 0 Å². The van der Waals surface area contributed by atoms with Gasteiger partial charge < -0.3 is 5.32 Å². The Hall–Kier alpha value is -3.72. The van der Waals surface area contributed by atoms with Gasteiger partial charge in [-0.3, -0.25) is 19.2 Å². The number of sulfonamides is 1. The van der Waals surface area contributed by atoms with Crippen molar-refractivity contribution in [3.05, 3.63) is 93.5 Å². The second-order valence-corrected chi connectivity index (χ2v) is 9.31. The second kappa shape index (κ2) is 9.19. The fourth-order valence-corrected chi connectivity index (χ4v) is 4.47. The van der Waals surface area contributed by atoms with E-state index in [4.69, 9.17) is 0 Å². The van der Waals surface area contributed by atoms with Gasteiger partial charge in [0, 0.05) is 17.8 Å². The maximum atomic E-state index is 13.4. The molecule has 3 aromatic rings. The molecule has 0 bridgehead atoms. The molecule has 0 aliphatic rings. The van der Waals surface area contributed by atoms with Crippen LogP contribution in [0.5, 0.6) is 0 Å². The van der Waals surface area contributed by atoms with E-state index in [0.29, 0.717) is 5.69 Å². The van der Waals surface area contributed by atoms with Gasteiger partial charge in [-0.2, -0.15) is 0 Å². The Morgan fingerprint density at radius 2 is 1.66 bits per heavy atom. The van der Waals surface area contributed by atoms with E-state index in [-0.39, 0.29) is 16.3 Å². The lowest BCUT2D eigenvalue weighted by Crippen LogP contribution is -2.38. The number of hydrogen-bond acceptors (Lipinski definition) is 5. The third-order valence-corrected chi connectivity index (χ3v) is 6.80. The number of nitro benzene ring substituents is 1. The molecule has 3 aromatic carbocycles. The molecule has 0 saturated heterocycles. The number of carbonyl (C=O) groups is 1. The lowest BCUT2D eigenvalue weighted by atomic mass is 10.1. The Kier molecular flexibility index (Phi) is 6.59. The molecule has 1 amide bonds. The van der Waals surface area contributed by atoms with Crippen LogP contribution in [0.15, 0.2) is 71.6 Å². The summed E-state index contributed by atoms with van der Waals surface area (Å²) in [5.74, 6) is -0.626. The van der Waals surface area contributed by atoms with Crippen LogP contribution in [-0.2, 0) is 14.8 Å². The van der Waals surface area contributed by atoms with Crippen LogP contribution in [0.4, 0.5) is 17.1 Å². The number of rotatable bonds is 7. The molecule has 0 aromatic heterocycles. The molecule has 0 saturated carbocycles. The lowest BCUT2D eigenvalue weighted by molar-refractivity contribution is -0.384. The maximum absolute atomic E-state index is 13.4. The molecule has 0 spiro atoms. The highest BCUT2D eigenvalue weighted by atomic mass is 32.2. The van der Waals surface area contributed by atoms with Gasteiger partial charge in [0.1, 0.15) is 6.54 Å². The standard InChI is InChI=1S/C23H23N3O5S/c1-16-7-11-22(12-8-16)32(30,31)25(20-10-9-17(2)18(3)13-20)15-23(27)24-19-5-4-6-21(14-19)26(28)29/h4-14H,15H2,1-3H3,(H,24,27). The number of benzene rings is 3. The van der Waals surface area contributed by atoms with Crippen molar-refractivity contribution in [2.75, 3.05) is 16.2 Å². The molecule has 0 aliphatic carbocycles.